The summed E-state index contributed by atoms with van der Waals surface area (Å²) in [5.74, 6) is 0.218. The summed E-state index contributed by atoms with van der Waals surface area (Å²) in [7, 11) is 0. The zero-order chi connectivity index (χ0) is 14.7. The van der Waals surface area contributed by atoms with Gasteiger partial charge in [-0.25, -0.2) is 4.68 Å². The summed E-state index contributed by atoms with van der Waals surface area (Å²) in [6.07, 6.45) is 6.74. The van der Waals surface area contributed by atoms with Gasteiger partial charge in [0.25, 0.3) is 0 Å². The van der Waals surface area contributed by atoms with Gasteiger partial charge in [0.2, 0.25) is 5.91 Å². The van der Waals surface area contributed by atoms with E-state index < -0.39 is 0 Å². The Labute approximate surface area is 124 Å². The van der Waals surface area contributed by atoms with Crippen LogP contribution >= 0.6 is 0 Å². The maximum Gasteiger partial charge on any atom is 0.236 e. The van der Waals surface area contributed by atoms with Crippen LogP contribution in [0.3, 0.4) is 0 Å². The van der Waals surface area contributed by atoms with Crippen molar-refractivity contribution in [2.75, 3.05) is 32.7 Å². The third-order valence-corrected chi connectivity index (χ3v) is 4.37. The number of nitrogens with zero attached hydrogens (tertiary/aromatic N) is 5. The molecule has 2 fully saturated rings. The highest BCUT2D eigenvalue weighted by Crippen LogP contribution is 2.21. The van der Waals surface area contributed by atoms with Gasteiger partial charge in [0.15, 0.2) is 0 Å². The van der Waals surface area contributed by atoms with Gasteiger partial charge in [-0.05, 0) is 25.9 Å². The predicted octanol–water partition coefficient (Wildman–Crippen LogP) is 0.0297. The first-order valence-corrected chi connectivity index (χ1v) is 7.78. The van der Waals surface area contributed by atoms with E-state index in [4.69, 9.17) is 5.11 Å². The van der Waals surface area contributed by atoms with E-state index in [-0.39, 0.29) is 18.6 Å². The third kappa shape index (κ3) is 3.41. The van der Waals surface area contributed by atoms with Gasteiger partial charge < -0.3 is 10.0 Å². The molecule has 21 heavy (non-hydrogen) atoms. The fourth-order valence-electron chi connectivity index (χ4n) is 2.98. The molecule has 0 atom stereocenters. The van der Waals surface area contributed by atoms with Crippen LogP contribution in [0.25, 0.3) is 0 Å². The Hall–Kier alpha value is -1.47. The van der Waals surface area contributed by atoms with E-state index in [0.717, 1.165) is 13.1 Å². The van der Waals surface area contributed by atoms with E-state index in [1.165, 1.54) is 25.7 Å². The monoisotopic (exact) mass is 293 g/mol. The quantitative estimate of drug-likeness (QED) is 0.848. The first-order valence-electron chi connectivity index (χ1n) is 7.78. The van der Waals surface area contributed by atoms with E-state index in [9.17, 15) is 4.79 Å². The van der Waals surface area contributed by atoms with Crippen LogP contribution in [0.5, 0.6) is 0 Å². The molecule has 0 aliphatic carbocycles. The first kappa shape index (κ1) is 14.5. The fraction of sp³-hybridized carbons (Fsp3) is 0.786. The smallest absolute Gasteiger partial charge is 0.236 e. The molecule has 1 N–H and O–H groups in total. The zero-order valence-electron chi connectivity index (χ0n) is 12.3. The largest absolute Gasteiger partial charge is 0.390 e. The van der Waals surface area contributed by atoms with Crippen LogP contribution in [-0.2, 0) is 11.4 Å². The van der Waals surface area contributed by atoms with E-state index in [1.54, 1.807) is 10.9 Å². The number of aliphatic hydroxyl groups excluding tert-OH is 1. The maximum absolute atomic E-state index is 12.2. The third-order valence-electron chi connectivity index (χ3n) is 4.37. The molecule has 3 heterocycles. The maximum atomic E-state index is 12.2. The lowest BCUT2D eigenvalue weighted by atomic mass is 10.1. The van der Waals surface area contributed by atoms with Gasteiger partial charge in [-0.15, -0.1) is 5.10 Å². The highest BCUT2D eigenvalue weighted by atomic mass is 16.3. The molecule has 1 aromatic rings. The minimum Gasteiger partial charge on any atom is -0.390 e. The summed E-state index contributed by atoms with van der Waals surface area (Å²) in [4.78, 5) is 16.4. The number of rotatable bonds is 4. The lowest BCUT2D eigenvalue weighted by Gasteiger charge is -2.39. The van der Waals surface area contributed by atoms with Gasteiger partial charge >= 0.3 is 0 Å². The molecular formula is C14H23N5O2. The van der Waals surface area contributed by atoms with Crippen molar-refractivity contribution in [2.45, 2.75) is 38.3 Å². The van der Waals surface area contributed by atoms with E-state index >= 15 is 0 Å². The SMILES string of the molecule is O=C(CN1CCCCCC1)N1CC(n2cc(CO)nn2)C1. The van der Waals surface area contributed by atoms with E-state index in [1.807, 2.05) is 4.90 Å². The topological polar surface area (TPSA) is 74.5 Å². The Kier molecular flexibility index (Phi) is 4.50. The summed E-state index contributed by atoms with van der Waals surface area (Å²) in [5.41, 5.74) is 0.573. The Balaban J connectivity index is 1.45. The van der Waals surface area contributed by atoms with Crippen LogP contribution in [0, 0.1) is 0 Å². The number of aromatic nitrogens is 3. The molecule has 2 aliphatic heterocycles. The molecule has 1 aromatic heterocycles. The van der Waals surface area contributed by atoms with Gasteiger partial charge in [0.1, 0.15) is 5.69 Å². The lowest BCUT2D eigenvalue weighted by molar-refractivity contribution is -0.138. The van der Waals surface area contributed by atoms with Crippen molar-refractivity contribution in [3.63, 3.8) is 0 Å². The van der Waals surface area contributed by atoms with Crippen LogP contribution in [0.15, 0.2) is 6.20 Å². The summed E-state index contributed by atoms with van der Waals surface area (Å²) in [6.45, 7) is 3.94. The molecule has 1 amide bonds. The summed E-state index contributed by atoms with van der Waals surface area (Å²) in [6, 6.07) is 0.200. The molecule has 0 bridgehead atoms. The Bertz CT molecular complexity index is 475. The van der Waals surface area contributed by atoms with Crippen molar-refractivity contribution < 1.29 is 9.90 Å². The molecule has 2 aliphatic rings. The average Bonchev–Trinajstić information content (AvgIpc) is 2.74. The molecule has 0 spiro atoms. The number of likely N-dealkylation sites (tertiary alicyclic amines) is 2. The Morgan fingerprint density at radius 3 is 2.57 bits per heavy atom. The van der Waals surface area contributed by atoms with E-state index in [0.29, 0.717) is 25.3 Å². The minimum absolute atomic E-state index is 0.0929. The second-order valence-corrected chi connectivity index (χ2v) is 5.99. The molecule has 3 rings (SSSR count). The van der Waals surface area contributed by atoms with Gasteiger partial charge in [0, 0.05) is 13.1 Å². The standard InChI is InChI=1S/C14H23N5O2/c20-11-12-7-19(16-15-12)13-8-18(9-13)14(21)10-17-5-3-1-2-4-6-17/h7,13,20H,1-6,8-11H2. The highest BCUT2D eigenvalue weighted by Gasteiger charge is 2.33. The van der Waals surface area contributed by atoms with Crippen molar-refractivity contribution in [3.8, 4) is 0 Å². The first-order chi connectivity index (χ1) is 10.3. The van der Waals surface area contributed by atoms with E-state index in [2.05, 4.69) is 15.2 Å². The summed E-state index contributed by atoms with van der Waals surface area (Å²) in [5, 5.41) is 16.8. The molecule has 7 heteroatoms. The molecule has 2 saturated heterocycles. The van der Waals surface area contributed by atoms with Gasteiger partial charge in [-0.3, -0.25) is 9.69 Å². The molecule has 0 saturated carbocycles. The van der Waals surface area contributed by atoms with Crippen LogP contribution in [0.4, 0.5) is 0 Å². The number of hydrogen-bond acceptors (Lipinski definition) is 5. The molecule has 116 valence electrons. The minimum atomic E-state index is -0.0929. The van der Waals surface area contributed by atoms with Gasteiger partial charge in [0.05, 0.1) is 25.4 Å². The van der Waals surface area contributed by atoms with Crippen molar-refractivity contribution >= 4 is 5.91 Å². The van der Waals surface area contributed by atoms with Crippen molar-refractivity contribution in [2.24, 2.45) is 0 Å². The highest BCUT2D eigenvalue weighted by molar-refractivity contribution is 5.79. The molecule has 0 unspecified atom stereocenters. The second kappa shape index (κ2) is 6.53. The van der Waals surface area contributed by atoms with Crippen LogP contribution < -0.4 is 0 Å². The van der Waals surface area contributed by atoms with Crippen molar-refractivity contribution in [1.82, 2.24) is 24.8 Å². The predicted molar refractivity (Wildman–Crippen MR) is 76.5 cm³/mol. The van der Waals surface area contributed by atoms with Crippen LogP contribution in [0.1, 0.15) is 37.4 Å². The number of amides is 1. The number of hydrogen-bond donors (Lipinski definition) is 1. The van der Waals surface area contributed by atoms with Crippen molar-refractivity contribution in [1.29, 1.82) is 0 Å². The van der Waals surface area contributed by atoms with Crippen LogP contribution in [-0.4, -0.2) is 68.5 Å². The van der Waals surface area contributed by atoms with Gasteiger partial charge in [-0.2, -0.15) is 0 Å². The van der Waals surface area contributed by atoms with Crippen molar-refractivity contribution in [3.05, 3.63) is 11.9 Å². The Morgan fingerprint density at radius 2 is 1.95 bits per heavy atom. The zero-order valence-corrected chi connectivity index (χ0v) is 12.3. The number of carbonyl (C=O) groups excluding carboxylic acids is 1. The fourth-order valence-corrected chi connectivity index (χ4v) is 2.98. The lowest BCUT2D eigenvalue weighted by Crippen LogP contribution is -2.53. The second-order valence-electron chi connectivity index (χ2n) is 5.99. The molecule has 7 nitrogen and oxygen atoms in total. The molecule has 0 aromatic carbocycles. The summed E-state index contributed by atoms with van der Waals surface area (Å²) < 4.78 is 1.75. The molecular weight excluding hydrogens is 270 g/mol. The summed E-state index contributed by atoms with van der Waals surface area (Å²) >= 11 is 0. The van der Waals surface area contributed by atoms with Crippen LogP contribution in [0.2, 0.25) is 0 Å². The Morgan fingerprint density at radius 1 is 1.24 bits per heavy atom. The number of carbonyl (C=O) groups is 1. The average molecular weight is 293 g/mol. The van der Waals surface area contributed by atoms with Gasteiger partial charge in [-0.1, -0.05) is 18.1 Å². The number of aliphatic hydroxyl groups is 1. The molecule has 0 radical (unpaired) electrons. The normalized spacial score (nSPS) is 21.1.